The molecule has 0 saturated heterocycles. The fraction of sp³-hybridized carbons (Fsp3) is 0.235. The molecule has 0 unspecified atom stereocenters. The van der Waals surface area contributed by atoms with Crippen LogP contribution in [0.1, 0.15) is 35.7 Å². The van der Waals surface area contributed by atoms with Gasteiger partial charge in [-0.1, -0.05) is 43.8 Å². The predicted octanol–water partition coefficient (Wildman–Crippen LogP) is 4.33. The Balaban J connectivity index is 2.25. The molecule has 2 rings (SSSR count). The molecule has 0 saturated carbocycles. The van der Waals surface area contributed by atoms with Crippen molar-refractivity contribution in [3.8, 4) is 0 Å². The summed E-state index contributed by atoms with van der Waals surface area (Å²) in [5.41, 5.74) is 8.23. The Bertz CT molecular complexity index is 636. The van der Waals surface area contributed by atoms with Crippen LogP contribution >= 0.6 is 11.8 Å². The molecule has 0 atom stereocenters. The molecular formula is C17H19NO2S. The zero-order chi connectivity index (χ0) is 15.4. The van der Waals surface area contributed by atoms with Gasteiger partial charge in [0.15, 0.2) is 0 Å². The number of esters is 1. The van der Waals surface area contributed by atoms with Gasteiger partial charge in [-0.25, -0.2) is 4.79 Å². The van der Waals surface area contributed by atoms with Crippen LogP contribution in [0, 0.1) is 0 Å². The zero-order valence-electron chi connectivity index (χ0n) is 12.4. The van der Waals surface area contributed by atoms with Crippen LogP contribution in [0.4, 0.5) is 5.69 Å². The normalized spacial score (nSPS) is 10.7. The van der Waals surface area contributed by atoms with Gasteiger partial charge < -0.3 is 10.5 Å². The third kappa shape index (κ3) is 3.58. The molecule has 110 valence electrons. The molecule has 4 heteroatoms. The lowest BCUT2D eigenvalue weighted by Gasteiger charge is -2.10. The van der Waals surface area contributed by atoms with Gasteiger partial charge in [0.2, 0.25) is 0 Å². The summed E-state index contributed by atoms with van der Waals surface area (Å²) in [4.78, 5) is 13.6. The van der Waals surface area contributed by atoms with Gasteiger partial charge >= 0.3 is 5.97 Å². The molecule has 2 aromatic rings. The molecule has 0 aromatic heterocycles. The first-order valence-electron chi connectivity index (χ1n) is 6.77. The first kappa shape index (κ1) is 15.4. The van der Waals surface area contributed by atoms with Crippen molar-refractivity contribution in [1.29, 1.82) is 0 Å². The SMILES string of the molecule is COC(=O)c1cccc(Sc2ccc(C(C)C)cc2)c1N. The van der Waals surface area contributed by atoms with E-state index in [2.05, 4.69) is 38.1 Å². The fourth-order valence-corrected chi connectivity index (χ4v) is 2.86. The van der Waals surface area contributed by atoms with Crippen molar-refractivity contribution in [2.45, 2.75) is 29.6 Å². The maximum Gasteiger partial charge on any atom is 0.339 e. The van der Waals surface area contributed by atoms with Gasteiger partial charge in [-0.05, 0) is 35.7 Å². The summed E-state index contributed by atoms with van der Waals surface area (Å²) in [7, 11) is 1.35. The summed E-state index contributed by atoms with van der Waals surface area (Å²) in [5, 5.41) is 0. The zero-order valence-corrected chi connectivity index (χ0v) is 13.2. The Hall–Kier alpha value is -1.94. The summed E-state index contributed by atoms with van der Waals surface area (Å²) in [6.45, 7) is 4.33. The molecule has 0 radical (unpaired) electrons. The average Bonchev–Trinajstić information content (AvgIpc) is 2.49. The average molecular weight is 301 g/mol. The van der Waals surface area contributed by atoms with E-state index >= 15 is 0 Å². The highest BCUT2D eigenvalue weighted by Gasteiger charge is 2.13. The van der Waals surface area contributed by atoms with E-state index in [1.165, 1.54) is 12.7 Å². The van der Waals surface area contributed by atoms with Crippen molar-refractivity contribution in [2.75, 3.05) is 12.8 Å². The summed E-state index contributed by atoms with van der Waals surface area (Å²) >= 11 is 1.54. The summed E-state index contributed by atoms with van der Waals surface area (Å²) < 4.78 is 4.74. The molecule has 0 heterocycles. The van der Waals surface area contributed by atoms with Crippen molar-refractivity contribution in [1.82, 2.24) is 0 Å². The van der Waals surface area contributed by atoms with E-state index in [0.717, 1.165) is 9.79 Å². The lowest BCUT2D eigenvalue weighted by atomic mass is 10.0. The lowest BCUT2D eigenvalue weighted by Crippen LogP contribution is -2.06. The van der Waals surface area contributed by atoms with Gasteiger partial charge in [0.1, 0.15) is 0 Å². The summed E-state index contributed by atoms with van der Waals surface area (Å²) in [5.74, 6) is 0.0990. The van der Waals surface area contributed by atoms with Crippen LogP contribution in [-0.2, 0) is 4.74 Å². The number of carbonyl (C=O) groups is 1. The first-order valence-corrected chi connectivity index (χ1v) is 7.59. The minimum absolute atomic E-state index is 0.404. The number of hydrogen-bond acceptors (Lipinski definition) is 4. The fourth-order valence-electron chi connectivity index (χ4n) is 1.97. The van der Waals surface area contributed by atoms with E-state index in [4.69, 9.17) is 10.5 Å². The van der Waals surface area contributed by atoms with Crippen molar-refractivity contribution < 1.29 is 9.53 Å². The predicted molar refractivity (Wildman–Crippen MR) is 86.8 cm³/mol. The molecule has 0 aliphatic heterocycles. The van der Waals surface area contributed by atoms with Crippen molar-refractivity contribution >= 4 is 23.4 Å². The van der Waals surface area contributed by atoms with Crippen molar-refractivity contribution in [2.24, 2.45) is 0 Å². The van der Waals surface area contributed by atoms with E-state index in [1.807, 2.05) is 12.1 Å². The van der Waals surface area contributed by atoms with Crippen LogP contribution in [0.3, 0.4) is 0 Å². The number of hydrogen-bond donors (Lipinski definition) is 1. The molecule has 21 heavy (non-hydrogen) atoms. The monoisotopic (exact) mass is 301 g/mol. The first-order chi connectivity index (χ1) is 10.0. The van der Waals surface area contributed by atoms with E-state index in [0.29, 0.717) is 17.2 Å². The molecule has 2 aromatic carbocycles. The topological polar surface area (TPSA) is 52.3 Å². The molecule has 2 N–H and O–H groups in total. The van der Waals surface area contributed by atoms with Gasteiger partial charge in [0.25, 0.3) is 0 Å². The molecule has 0 aliphatic rings. The van der Waals surface area contributed by atoms with Crippen LogP contribution in [0.2, 0.25) is 0 Å². The third-order valence-electron chi connectivity index (χ3n) is 3.25. The lowest BCUT2D eigenvalue weighted by molar-refractivity contribution is 0.0601. The Morgan fingerprint density at radius 3 is 2.38 bits per heavy atom. The number of para-hydroxylation sites is 1. The number of anilines is 1. The Labute approximate surface area is 129 Å². The molecule has 0 fully saturated rings. The maximum atomic E-state index is 11.6. The van der Waals surface area contributed by atoms with Crippen LogP contribution < -0.4 is 5.73 Å². The van der Waals surface area contributed by atoms with Crippen LogP contribution in [0.15, 0.2) is 52.3 Å². The molecule has 0 bridgehead atoms. The summed E-state index contributed by atoms with van der Waals surface area (Å²) in [6.07, 6.45) is 0. The summed E-state index contributed by atoms with van der Waals surface area (Å²) in [6, 6.07) is 13.8. The second-order valence-electron chi connectivity index (χ2n) is 5.03. The Morgan fingerprint density at radius 1 is 1.14 bits per heavy atom. The number of carbonyl (C=O) groups excluding carboxylic acids is 1. The molecule has 0 aliphatic carbocycles. The smallest absolute Gasteiger partial charge is 0.339 e. The number of nitrogens with two attached hydrogens (primary N) is 1. The minimum atomic E-state index is -0.412. The second-order valence-corrected chi connectivity index (χ2v) is 6.15. The van der Waals surface area contributed by atoms with Crippen molar-refractivity contribution in [3.63, 3.8) is 0 Å². The second kappa shape index (κ2) is 6.68. The highest BCUT2D eigenvalue weighted by atomic mass is 32.2. The molecular weight excluding hydrogens is 282 g/mol. The number of nitrogen functional groups attached to an aromatic ring is 1. The van der Waals surface area contributed by atoms with Gasteiger partial charge in [-0.15, -0.1) is 0 Å². The van der Waals surface area contributed by atoms with Crippen LogP contribution in [-0.4, -0.2) is 13.1 Å². The van der Waals surface area contributed by atoms with E-state index in [-0.39, 0.29) is 0 Å². The maximum absolute atomic E-state index is 11.6. The number of methoxy groups -OCH3 is 1. The van der Waals surface area contributed by atoms with Gasteiger partial charge in [-0.2, -0.15) is 0 Å². The van der Waals surface area contributed by atoms with Gasteiger partial charge in [-0.3, -0.25) is 0 Å². The van der Waals surface area contributed by atoms with Crippen LogP contribution in [0.5, 0.6) is 0 Å². The van der Waals surface area contributed by atoms with Gasteiger partial charge in [0.05, 0.1) is 18.4 Å². The van der Waals surface area contributed by atoms with E-state index < -0.39 is 5.97 Å². The number of rotatable bonds is 4. The molecule has 3 nitrogen and oxygen atoms in total. The largest absolute Gasteiger partial charge is 0.465 e. The standard InChI is InChI=1S/C17H19NO2S/c1-11(2)12-7-9-13(10-8-12)21-15-6-4-5-14(16(15)18)17(19)20-3/h4-11H,18H2,1-3H3. The highest BCUT2D eigenvalue weighted by Crippen LogP contribution is 2.34. The third-order valence-corrected chi connectivity index (χ3v) is 4.33. The minimum Gasteiger partial charge on any atom is -0.465 e. The Morgan fingerprint density at radius 2 is 1.81 bits per heavy atom. The molecule has 0 spiro atoms. The van der Waals surface area contributed by atoms with Gasteiger partial charge in [0, 0.05) is 9.79 Å². The van der Waals surface area contributed by atoms with Crippen molar-refractivity contribution in [3.05, 3.63) is 53.6 Å². The van der Waals surface area contributed by atoms with E-state index in [9.17, 15) is 4.79 Å². The highest BCUT2D eigenvalue weighted by molar-refractivity contribution is 7.99. The molecule has 0 amide bonds. The number of benzene rings is 2. The number of ether oxygens (including phenoxy) is 1. The van der Waals surface area contributed by atoms with Crippen LogP contribution in [0.25, 0.3) is 0 Å². The Kier molecular flexibility index (Phi) is 4.91. The quantitative estimate of drug-likeness (QED) is 0.674. The van der Waals surface area contributed by atoms with E-state index in [1.54, 1.807) is 17.8 Å².